The number of likely N-dealkylation sites (N-methyl/N-ethyl adjacent to an activating group) is 1. The summed E-state index contributed by atoms with van der Waals surface area (Å²) in [6, 6.07) is 0. The number of nitrogens with zero attached hydrogens (tertiary/aromatic N) is 1. The predicted octanol–water partition coefficient (Wildman–Crippen LogP) is 8.32. The number of phosphoric acid groups is 1. The summed E-state index contributed by atoms with van der Waals surface area (Å²) in [5.74, 6) is 5.79. The third kappa shape index (κ3) is 6.75. The average Bonchev–Trinajstić information content (AvgIpc) is 3.15. The lowest BCUT2D eigenvalue weighted by Crippen LogP contribution is -2.54. The van der Waals surface area contributed by atoms with Gasteiger partial charge in [0.15, 0.2) is 0 Å². The minimum atomic E-state index is -4.01. The van der Waals surface area contributed by atoms with Crippen LogP contribution in [0, 0.1) is 52.3 Å². The van der Waals surface area contributed by atoms with Crippen LogP contribution < -0.4 is 0 Å². The lowest BCUT2D eigenvalue weighted by molar-refractivity contribution is -0.870. The van der Waals surface area contributed by atoms with Crippen molar-refractivity contribution in [2.24, 2.45) is 52.3 Å². The highest BCUT2D eigenvalue weighted by Crippen LogP contribution is 2.68. The molecule has 38 heavy (non-hydrogen) atoms. The molecule has 0 aromatic heterocycles. The van der Waals surface area contributed by atoms with Crippen molar-refractivity contribution >= 4 is 7.82 Å². The van der Waals surface area contributed by atoms with Crippen LogP contribution in [0.3, 0.4) is 0 Å². The molecule has 4 saturated carbocycles. The van der Waals surface area contributed by atoms with Crippen molar-refractivity contribution in [3.05, 3.63) is 0 Å². The summed E-state index contributed by atoms with van der Waals surface area (Å²) in [6.07, 6.45) is 15.3. The summed E-state index contributed by atoms with van der Waals surface area (Å²) in [5.41, 5.74) is 0.893. The molecule has 4 aliphatic rings. The quantitative estimate of drug-likeness (QED) is 0.206. The Morgan fingerprint density at radius 3 is 2.29 bits per heavy atom. The summed E-state index contributed by atoms with van der Waals surface area (Å²) in [6.45, 7) is 13.5. The van der Waals surface area contributed by atoms with E-state index < -0.39 is 7.82 Å². The van der Waals surface area contributed by atoms with E-state index in [9.17, 15) is 9.46 Å². The van der Waals surface area contributed by atoms with E-state index in [-0.39, 0.29) is 12.7 Å². The topological polar surface area (TPSA) is 55.8 Å². The molecule has 0 aromatic carbocycles. The van der Waals surface area contributed by atoms with Crippen molar-refractivity contribution in [2.45, 2.75) is 118 Å². The molecule has 6 heteroatoms. The van der Waals surface area contributed by atoms with Crippen LogP contribution in [0.15, 0.2) is 0 Å². The molecule has 4 fully saturated rings. The van der Waals surface area contributed by atoms with Crippen molar-refractivity contribution in [3.63, 3.8) is 0 Å². The van der Waals surface area contributed by atoms with Gasteiger partial charge in [-0.2, -0.15) is 0 Å². The summed E-state index contributed by atoms with van der Waals surface area (Å²) < 4.78 is 24.5. The molecule has 1 N–H and O–H groups in total. The molecule has 4 rings (SSSR count). The zero-order valence-electron chi connectivity index (χ0n) is 26.1. The second kappa shape index (κ2) is 11.7. The Labute approximate surface area is 235 Å². The highest BCUT2D eigenvalue weighted by Gasteiger charge is 2.60. The fourth-order valence-electron chi connectivity index (χ4n) is 9.99. The van der Waals surface area contributed by atoms with Gasteiger partial charge in [-0.1, -0.05) is 53.9 Å². The Morgan fingerprint density at radius 2 is 1.61 bits per heavy atom. The van der Waals surface area contributed by atoms with Crippen LogP contribution in [-0.2, 0) is 13.6 Å². The molecule has 0 saturated heterocycles. The van der Waals surface area contributed by atoms with Gasteiger partial charge < -0.3 is 9.38 Å². The van der Waals surface area contributed by atoms with Crippen LogP contribution in [0.5, 0.6) is 0 Å². The van der Waals surface area contributed by atoms with E-state index in [0.717, 1.165) is 54.8 Å². The van der Waals surface area contributed by atoms with Gasteiger partial charge in [-0.3, -0.25) is 9.05 Å². The molecule has 10 unspecified atom stereocenters. The van der Waals surface area contributed by atoms with Crippen LogP contribution in [0.1, 0.15) is 112 Å². The molecule has 0 heterocycles. The molecule has 0 aliphatic heterocycles. The maximum absolute atomic E-state index is 12.7. The Kier molecular flexibility index (Phi) is 9.59. The van der Waals surface area contributed by atoms with Gasteiger partial charge >= 0.3 is 7.82 Å². The molecular weight excluding hydrogens is 493 g/mol. The van der Waals surface area contributed by atoms with Crippen LogP contribution >= 0.6 is 7.82 Å². The summed E-state index contributed by atoms with van der Waals surface area (Å²) in [4.78, 5) is 10.4. The standard InChI is InChI=1S/C32H60NO4P/c1-23(2)10-9-11-24(3)28-14-15-29-27-13-12-25-22-26(37-38(34,35)36-21-20-33(6,7)8)16-18-31(25,4)30(27)17-19-32(28,29)5/h23-30H,9-22H2,1-8H3/p+1. The minimum Gasteiger partial charge on any atom is -0.329 e. The van der Waals surface area contributed by atoms with Crippen molar-refractivity contribution in [3.8, 4) is 0 Å². The highest BCUT2D eigenvalue weighted by molar-refractivity contribution is 7.47. The first-order valence-electron chi connectivity index (χ1n) is 16.1. The maximum atomic E-state index is 12.7. The van der Waals surface area contributed by atoms with Gasteiger partial charge in [0.05, 0.1) is 27.2 Å². The third-order valence-corrected chi connectivity index (χ3v) is 13.2. The average molecular weight is 555 g/mol. The Hall–Kier alpha value is 0.0700. The monoisotopic (exact) mass is 554 g/mol. The summed E-state index contributed by atoms with van der Waals surface area (Å²) in [5, 5.41) is 0. The van der Waals surface area contributed by atoms with Gasteiger partial charge in [-0.25, -0.2) is 4.57 Å². The van der Waals surface area contributed by atoms with Gasteiger partial charge in [0, 0.05) is 0 Å². The van der Waals surface area contributed by atoms with E-state index >= 15 is 0 Å². The zero-order valence-corrected chi connectivity index (χ0v) is 27.0. The summed E-state index contributed by atoms with van der Waals surface area (Å²) >= 11 is 0. The fourth-order valence-corrected chi connectivity index (χ4v) is 10.9. The molecule has 0 radical (unpaired) electrons. The smallest absolute Gasteiger partial charge is 0.329 e. The minimum absolute atomic E-state index is 0.152. The van der Waals surface area contributed by atoms with Gasteiger partial charge in [0.25, 0.3) is 0 Å². The van der Waals surface area contributed by atoms with Gasteiger partial charge in [0.1, 0.15) is 13.2 Å². The van der Waals surface area contributed by atoms with Gasteiger partial charge in [0.2, 0.25) is 0 Å². The van der Waals surface area contributed by atoms with Crippen molar-refractivity contribution in [1.29, 1.82) is 0 Å². The molecule has 5 nitrogen and oxygen atoms in total. The summed E-state index contributed by atoms with van der Waals surface area (Å²) in [7, 11) is 2.15. The van der Waals surface area contributed by atoms with Crippen LogP contribution in [0.25, 0.3) is 0 Å². The first kappa shape index (κ1) is 31.0. The van der Waals surface area contributed by atoms with Gasteiger partial charge in [-0.15, -0.1) is 0 Å². The molecule has 4 aliphatic carbocycles. The highest BCUT2D eigenvalue weighted by atomic mass is 31.2. The number of fused-ring (bicyclic) bond motifs is 5. The molecule has 0 spiro atoms. The van der Waals surface area contributed by atoms with E-state index in [1.54, 1.807) is 0 Å². The fraction of sp³-hybridized carbons (Fsp3) is 1.00. The normalized spacial score (nSPS) is 41.7. The zero-order chi connectivity index (χ0) is 27.9. The lowest BCUT2D eigenvalue weighted by Gasteiger charge is -2.61. The molecule has 0 bridgehead atoms. The molecule has 10 atom stereocenters. The molecule has 0 amide bonds. The van der Waals surface area contributed by atoms with Crippen LogP contribution in [0.2, 0.25) is 0 Å². The van der Waals surface area contributed by atoms with Crippen LogP contribution in [-0.4, -0.2) is 49.8 Å². The van der Waals surface area contributed by atoms with E-state index in [0.29, 0.717) is 27.8 Å². The van der Waals surface area contributed by atoms with Crippen LogP contribution in [0.4, 0.5) is 0 Å². The Morgan fingerprint density at radius 1 is 0.921 bits per heavy atom. The molecular formula is C32H61NO4P+. The number of rotatable bonds is 11. The van der Waals surface area contributed by atoms with Crippen molar-refractivity contribution in [1.82, 2.24) is 0 Å². The van der Waals surface area contributed by atoms with E-state index in [1.807, 2.05) is 0 Å². The molecule has 222 valence electrons. The van der Waals surface area contributed by atoms with E-state index in [2.05, 4.69) is 55.8 Å². The number of quaternary nitrogens is 1. The Balaban J connectivity index is 1.35. The lowest BCUT2D eigenvalue weighted by atomic mass is 9.44. The molecule has 0 aromatic rings. The third-order valence-electron chi connectivity index (χ3n) is 12.1. The maximum Gasteiger partial charge on any atom is 0.472 e. The first-order valence-corrected chi connectivity index (χ1v) is 17.6. The van der Waals surface area contributed by atoms with Crippen molar-refractivity contribution in [2.75, 3.05) is 34.3 Å². The number of hydrogen-bond acceptors (Lipinski definition) is 3. The second-order valence-electron chi connectivity index (χ2n) is 16.0. The Bertz CT molecular complexity index is 842. The van der Waals surface area contributed by atoms with E-state index in [4.69, 9.17) is 9.05 Å². The SMILES string of the molecule is CC(C)CCCC(C)C1CCC2C3CCC4CC(OP(=O)(O)OCC[N+](C)(C)C)CCC4(C)C3CCC12C. The number of hydrogen-bond donors (Lipinski definition) is 1. The second-order valence-corrected chi connectivity index (χ2v) is 17.4. The van der Waals surface area contributed by atoms with Crippen molar-refractivity contribution < 1.29 is 23.0 Å². The van der Waals surface area contributed by atoms with E-state index in [1.165, 1.54) is 57.8 Å². The first-order chi connectivity index (χ1) is 17.6. The predicted molar refractivity (Wildman–Crippen MR) is 157 cm³/mol. The largest absolute Gasteiger partial charge is 0.472 e. The van der Waals surface area contributed by atoms with Gasteiger partial charge in [-0.05, 0) is 110 Å². The number of phosphoric ester groups is 1.